The number of rotatable bonds is 7. The van der Waals surface area contributed by atoms with E-state index in [0.717, 1.165) is 22.6 Å². The zero-order valence-corrected chi connectivity index (χ0v) is 28.9. The van der Waals surface area contributed by atoms with Gasteiger partial charge in [-0.15, -0.1) is 11.3 Å². The van der Waals surface area contributed by atoms with Crippen molar-refractivity contribution < 1.29 is 0 Å². The van der Waals surface area contributed by atoms with Crippen molar-refractivity contribution in [2.24, 2.45) is 0 Å². The topological polar surface area (TPSA) is 30.7 Å². The number of aromatic nitrogens is 3. The van der Waals surface area contributed by atoms with E-state index in [-0.39, 0.29) is 0 Å². The highest BCUT2D eigenvalue weighted by Gasteiger charge is 2.23. The molecule has 0 saturated carbocycles. The Bertz CT molecular complexity index is 2790. The molecule has 0 atom stereocenters. The second-order valence-corrected chi connectivity index (χ2v) is 13.6. The Balaban J connectivity index is 1.43. The Morgan fingerprint density at radius 3 is 1.98 bits per heavy atom. The molecule has 3 heterocycles. The molecule has 0 radical (unpaired) electrons. The average molecular weight is 672 g/mol. The first-order chi connectivity index (χ1) is 25.2. The monoisotopic (exact) mass is 671 g/mol. The van der Waals surface area contributed by atoms with Gasteiger partial charge in [0, 0.05) is 60.2 Å². The number of fused-ring (bicyclic) bond motifs is 7. The van der Waals surface area contributed by atoms with Crippen LogP contribution in [-0.2, 0) is 0 Å². The van der Waals surface area contributed by atoms with Crippen LogP contribution < -0.4 is 0 Å². The lowest BCUT2D eigenvalue weighted by Gasteiger charge is -2.14. The quantitative estimate of drug-likeness (QED) is 0.158. The highest BCUT2D eigenvalue weighted by Crippen LogP contribution is 2.49. The van der Waals surface area contributed by atoms with Crippen LogP contribution in [0.5, 0.6) is 0 Å². The van der Waals surface area contributed by atoms with E-state index in [1.165, 1.54) is 69.8 Å². The van der Waals surface area contributed by atoms with E-state index in [0.29, 0.717) is 0 Å². The van der Waals surface area contributed by atoms with E-state index >= 15 is 0 Å². The predicted molar refractivity (Wildman–Crippen MR) is 219 cm³/mol. The van der Waals surface area contributed by atoms with Crippen LogP contribution in [0.25, 0.3) is 92.4 Å². The van der Waals surface area contributed by atoms with Gasteiger partial charge in [-0.25, -0.2) is 9.97 Å². The highest BCUT2D eigenvalue weighted by molar-refractivity contribution is 7.27. The molecule has 0 aliphatic carbocycles. The molecule has 0 saturated heterocycles. The van der Waals surface area contributed by atoms with E-state index in [2.05, 4.69) is 168 Å². The molecule has 242 valence electrons. The third-order valence-electron chi connectivity index (χ3n) is 9.67. The molecule has 9 aromatic rings. The fraction of sp³-hybridized carbons (Fsp3) is 0.0213. The van der Waals surface area contributed by atoms with Crippen LogP contribution in [0, 0.1) is 0 Å². The number of hydrogen-bond donors (Lipinski definition) is 0. The summed E-state index contributed by atoms with van der Waals surface area (Å²) in [6, 6.07) is 47.9. The summed E-state index contributed by atoms with van der Waals surface area (Å²) in [5.41, 5.74) is 11.6. The SMILES string of the molecule is C=C/C=C\C(=C/C)n1c2cc(-c3ccccc3)ccc2c2c3sc4c(-c5ncccn5)cccc4c3cc(-c3ccc(-c4ccccc4)cc3)c21. The lowest BCUT2D eigenvalue weighted by atomic mass is 9.96. The van der Waals surface area contributed by atoms with E-state index < -0.39 is 0 Å². The first kappa shape index (κ1) is 30.7. The maximum absolute atomic E-state index is 4.65. The first-order valence-corrected chi connectivity index (χ1v) is 18.0. The van der Waals surface area contributed by atoms with Gasteiger partial charge >= 0.3 is 0 Å². The Hall–Kier alpha value is -6.36. The van der Waals surface area contributed by atoms with Gasteiger partial charge in [0.05, 0.1) is 11.0 Å². The maximum atomic E-state index is 4.65. The van der Waals surface area contributed by atoms with Crippen LogP contribution >= 0.6 is 11.3 Å². The fourth-order valence-electron chi connectivity index (χ4n) is 7.30. The summed E-state index contributed by atoms with van der Waals surface area (Å²) in [5.74, 6) is 0.739. The Morgan fingerprint density at radius 2 is 1.27 bits per heavy atom. The molecule has 0 unspecified atom stereocenters. The van der Waals surface area contributed by atoms with Crippen molar-refractivity contribution in [2.45, 2.75) is 6.92 Å². The largest absolute Gasteiger partial charge is 0.309 e. The van der Waals surface area contributed by atoms with Crippen molar-refractivity contribution in [3.8, 4) is 44.8 Å². The second kappa shape index (κ2) is 12.8. The average Bonchev–Trinajstić information content (AvgIpc) is 3.75. The number of hydrogen-bond acceptors (Lipinski definition) is 3. The second-order valence-electron chi connectivity index (χ2n) is 12.6. The third kappa shape index (κ3) is 5.20. The molecular formula is C47H33N3S. The molecule has 51 heavy (non-hydrogen) atoms. The van der Waals surface area contributed by atoms with Crippen LogP contribution in [0.3, 0.4) is 0 Å². The van der Waals surface area contributed by atoms with Crippen molar-refractivity contribution in [3.05, 3.63) is 177 Å². The summed E-state index contributed by atoms with van der Waals surface area (Å²) < 4.78 is 4.89. The van der Waals surface area contributed by atoms with E-state index in [1.54, 1.807) is 0 Å². The Morgan fingerprint density at radius 1 is 0.608 bits per heavy atom. The molecule has 0 N–H and O–H groups in total. The molecule has 3 nitrogen and oxygen atoms in total. The number of nitrogens with zero attached hydrogens (tertiary/aromatic N) is 3. The van der Waals surface area contributed by atoms with Crippen LogP contribution in [0.2, 0.25) is 0 Å². The van der Waals surface area contributed by atoms with Gasteiger partial charge < -0.3 is 4.57 Å². The van der Waals surface area contributed by atoms with Gasteiger partial charge in [-0.1, -0.05) is 134 Å². The Kier molecular flexibility index (Phi) is 7.72. The number of benzene rings is 6. The van der Waals surface area contributed by atoms with Gasteiger partial charge in [-0.2, -0.15) is 0 Å². The number of allylic oxidation sites excluding steroid dienone is 5. The van der Waals surface area contributed by atoms with Crippen LogP contribution in [0.15, 0.2) is 177 Å². The van der Waals surface area contributed by atoms with Gasteiger partial charge in [0.1, 0.15) is 0 Å². The van der Waals surface area contributed by atoms with Gasteiger partial charge in [0.15, 0.2) is 5.82 Å². The number of thiophene rings is 1. The zero-order chi connectivity index (χ0) is 34.3. The van der Waals surface area contributed by atoms with Crippen molar-refractivity contribution in [1.82, 2.24) is 14.5 Å². The van der Waals surface area contributed by atoms with Crippen molar-refractivity contribution in [2.75, 3.05) is 0 Å². The molecule has 0 aliphatic rings. The van der Waals surface area contributed by atoms with Gasteiger partial charge in [0.2, 0.25) is 0 Å². The minimum atomic E-state index is 0.739. The summed E-state index contributed by atoms with van der Waals surface area (Å²) in [5, 5.41) is 4.91. The lowest BCUT2D eigenvalue weighted by Crippen LogP contribution is -1.96. The van der Waals surface area contributed by atoms with E-state index in [9.17, 15) is 0 Å². The van der Waals surface area contributed by atoms with Crippen molar-refractivity contribution in [1.29, 1.82) is 0 Å². The third-order valence-corrected chi connectivity index (χ3v) is 10.9. The molecule has 0 bridgehead atoms. The fourth-order valence-corrected chi connectivity index (χ4v) is 8.65. The van der Waals surface area contributed by atoms with E-state index in [4.69, 9.17) is 0 Å². The van der Waals surface area contributed by atoms with E-state index in [1.807, 2.05) is 41.9 Å². The normalized spacial score (nSPS) is 12.1. The summed E-state index contributed by atoms with van der Waals surface area (Å²) in [6.45, 7) is 6.10. The molecule has 9 rings (SSSR count). The minimum absolute atomic E-state index is 0.739. The molecule has 4 heteroatoms. The van der Waals surface area contributed by atoms with Gasteiger partial charge in [-0.05, 0) is 65.1 Å². The highest BCUT2D eigenvalue weighted by atomic mass is 32.1. The summed E-state index contributed by atoms with van der Waals surface area (Å²) in [6.07, 6.45) is 11.8. The standard InChI is InChI=1S/C47H33N3S/c1-3-5-18-36(4-2)50-42-29-35(32-16-10-7-11-17-32)25-26-38(42)43-44(50)40(34-23-21-33(22-24-34)31-14-8-6-9-15-31)30-41-37-19-12-20-39(45(37)51-46(41)43)47-48-27-13-28-49-47/h3-30H,1H2,2H3/b18-5-,36-4+. The van der Waals surface area contributed by atoms with Crippen LogP contribution in [0.4, 0.5) is 0 Å². The molecule has 3 aromatic heterocycles. The summed E-state index contributed by atoms with van der Waals surface area (Å²) in [4.78, 5) is 9.31. The Labute approximate surface area is 300 Å². The van der Waals surface area contributed by atoms with Crippen LogP contribution in [-0.4, -0.2) is 14.5 Å². The first-order valence-electron chi connectivity index (χ1n) is 17.1. The maximum Gasteiger partial charge on any atom is 0.160 e. The summed E-state index contributed by atoms with van der Waals surface area (Å²) >= 11 is 1.84. The van der Waals surface area contributed by atoms with Crippen molar-refractivity contribution in [3.63, 3.8) is 0 Å². The molecular weight excluding hydrogens is 639 g/mol. The lowest BCUT2D eigenvalue weighted by molar-refractivity contribution is 1.18. The molecule has 0 aliphatic heterocycles. The minimum Gasteiger partial charge on any atom is -0.309 e. The molecule has 6 aromatic carbocycles. The van der Waals surface area contributed by atoms with Gasteiger partial charge in [0.25, 0.3) is 0 Å². The molecule has 0 spiro atoms. The molecule has 0 fully saturated rings. The van der Waals surface area contributed by atoms with Crippen molar-refractivity contribution >= 4 is 59.0 Å². The smallest absolute Gasteiger partial charge is 0.160 e. The summed E-state index contributed by atoms with van der Waals surface area (Å²) in [7, 11) is 0. The predicted octanol–water partition coefficient (Wildman–Crippen LogP) is 13.2. The zero-order valence-electron chi connectivity index (χ0n) is 28.1. The molecule has 0 amide bonds. The van der Waals surface area contributed by atoms with Gasteiger partial charge in [-0.3, -0.25) is 0 Å². The van der Waals surface area contributed by atoms with Crippen LogP contribution in [0.1, 0.15) is 6.92 Å².